The fourth-order valence-corrected chi connectivity index (χ4v) is 3.48. The van der Waals surface area contributed by atoms with Gasteiger partial charge in [-0.15, -0.1) is 0 Å². The molecule has 4 heteroatoms. The van der Waals surface area contributed by atoms with Crippen LogP contribution in [0.5, 0.6) is 0 Å². The molecule has 4 nitrogen and oxygen atoms in total. The Labute approximate surface area is 111 Å². The van der Waals surface area contributed by atoms with Crippen molar-refractivity contribution in [2.24, 2.45) is 5.92 Å². The van der Waals surface area contributed by atoms with Gasteiger partial charge in [0, 0.05) is 11.6 Å². The molecule has 0 bridgehead atoms. The number of fused-ring (bicyclic) bond motifs is 2. The Morgan fingerprint density at radius 2 is 2.11 bits per heavy atom. The number of nitrogens with one attached hydrogen (secondary N) is 2. The van der Waals surface area contributed by atoms with Crippen LogP contribution in [-0.4, -0.2) is 24.7 Å². The molecule has 1 aromatic carbocycles. The minimum Gasteiger partial charge on any atom is -0.378 e. The zero-order chi connectivity index (χ0) is 12.8. The first-order chi connectivity index (χ1) is 9.33. The SMILES string of the molecule is O=C1COC2CC=CC3Nc4ccccc4C(N1)C32. The highest BCUT2D eigenvalue weighted by Gasteiger charge is 2.44. The van der Waals surface area contributed by atoms with E-state index in [-0.39, 0.29) is 36.6 Å². The van der Waals surface area contributed by atoms with Gasteiger partial charge in [-0.1, -0.05) is 30.4 Å². The molecular formula is C15H16N2O2. The molecule has 0 radical (unpaired) electrons. The lowest BCUT2D eigenvalue weighted by atomic mass is 9.75. The van der Waals surface area contributed by atoms with Gasteiger partial charge in [0.05, 0.1) is 18.2 Å². The summed E-state index contributed by atoms with van der Waals surface area (Å²) in [5, 5.41) is 6.68. The fourth-order valence-electron chi connectivity index (χ4n) is 3.48. The van der Waals surface area contributed by atoms with Crippen LogP contribution in [-0.2, 0) is 9.53 Å². The minimum absolute atomic E-state index is 0.0187. The molecule has 1 amide bonds. The molecule has 19 heavy (non-hydrogen) atoms. The molecule has 0 aromatic heterocycles. The highest BCUT2D eigenvalue weighted by molar-refractivity contribution is 5.79. The number of hydrogen-bond donors (Lipinski definition) is 2. The van der Waals surface area contributed by atoms with Crippen molar-refractivity contribution in [3.8, 4) is 0 Å². The number of carbonyl (C=O) groups excluding carboxylic acids is 1. The molecule has 4 unspecified atom stereocenters. The molecule has 2 N–H and O–H groups in total. The molecule has 2 heterocycles. The van der Waals surface area contributed by atoms with Gasteiger partial charge in [0.1, 0.15) is 6.61 Å². The van der Waals surface area contributed by atoms with Crippen molar-refractivity contribution >= 4 is 11.6 Å². The zero-order valence-electron chi connectivity index (χ0n) is 10.5. The van der Waals surface area contributed by atoms with E-state index in [0.717, 1.165) is 12.1 Å². The Morgan fingerprint density at radius 1 is 1.21 bits per heavy atom. The maximum absolute atomic E-state index is 11.9. The normalized spacial score (nSPS) is 35.5. The van der Waals surface area contributed by atoms with Gasteiger partial charge in [0.25, 0.3) is 0 Å². The second kappa shape index (κ2) is 4.10. The van der Waals surface area contributed by atoms with Crippen molar-refractivity contribution in [3.63, 3.8) is 0 Å². The Hall–Kier alpha value is -1.81. The number of ether oxygens (including phenoxy) is 1. The van der Waals surface area contributed by atoms with Crippen LogP contribution in [0.4, 0.5) is 5.69 Å². The van der Waals surface area contributed by atoms with Gasteiger partial charge in [-0.2, -0.15) is 0 Å². The molecular weight excluding hydrogens is 240 g/mol. The van der Waals surface area contributed by atoms with E-state index in [1.165, 1.54) is 5.56 Å². The molecule has 4 rings (SSSR count). The van der Waals surface area contributed by atoms with E-state index in [2.05, 4.69) is 34.9 Å². The molecule has 1 fully saturated rings. The molecule has 2 aliphatic heterocycles. The first kappa shape index (κ1) is 11.1. The summed E-state index contributed by atoms with van der Waals surface area (Å²) in [6.45, 7) is 0.167. The van der Waals surface area contributed by atoms with Gasteiger partial charge in [0.15, 0.2) is 0 Å². The minimum atomic E-state index is -0.0187. The smallest absolute Gasteiger partial charge is 0.246 e. The fraction of sp³-hybridized carbons (Fsp3) is 0.400. The maximum Gasteiger partial charge on any atom is 0.246 e. The van der Waals surface area contributed by atoms with Crippen LogP contribution in [0.2, 0.25) is 0 Å². The van der Waals surface area contributed by atoms with Crippen molar-refractivity contribution < 1.29 is 9.53 Å². The number of carbonyl (C=O) groups is 1. The highest BCUT2D eigenvalue weighted by Crippen LogP contribution is 2.42. The molecule has 98 valence electrons. The van der Waals surface area contributed by atoms with Gasteiger partial charge in [0.2, 0.25) is 5.91 Å². The van der Waals surface area contributed by atoms with E-state index in [4.69, 9.17) is 4.74 Å². The lowest BCUT2D eigenvalue weighted by Gasteiger charge is -2.43. The quantitative estimate of drug-likeness (QED) is 0.693. The predicted molar refractivity (Wildman–Crippen MR) is 71.7 cm³/mol. The van der Waals surface area contributed by atoms with Crippen LogP contribution in [0.15, 0.2) is 36.4 Å². The average Bonchev–Trinajstić information content (AvgIpc) is 2.60. The van der Waals surface area contributed by atoms with Gasteiger partial charge >= 0.3 is 0 Å². The number of hydrogen-bond acceptors (Lipinski definition) is 3. The van der Waals surface area contributed by atoms with Gasteiger partial charge < -0.3 is 15.4 Å². The Morgan fingerprint density at radius 3 is 3.05 bits per heavy atom. The Balaban J connectivity index is 1.84. The van der Waals surface area contributed by atoms with E-state index in [9.17, 15) is 4.79 Å². The second-order valence-corrected chi connectivity index (χ2v) is 5.39. The van der Waals surface area contributed by atoms with E-state index in [1.807, 2.05) is 12.1 Å². The largest absolute Gasteiger partial charge is 0.378 e. The molecule has 1 saturated heterocycles. The second-order valence-electron chi connectivity index (χ2n) is 5.39. The van der Waals surface area contributed by atoms with Crippen molar-refractivity contribution in [1.82, 2.24) is 5.32 Å². The lowest BCUT2D eigenvalue weighted by Crippen LogP contribution is -2.48. The summed E-state index contributed by atoms with van der Waals surface area (Å²) in [7, 11) is 0. The van der Waals surface area contributed by atoms with Crippen LogP contribution in [0.25, 0.3) is 0 Å². The number of amides is 1. The third-order valence-corrected chi connectivity index (χ3v) is 4.30. The topological polar surface area (TPSA) is 50.4 Å². The zero-order valence-corrected chi connectivity index (χ0v) is 10.5. The van der Waals surface area contributed by atoms with Crippen molar-refractivity contribution in [2.75, 3.05) is 11.9 Å². The maximum atomic E-state index is 11.9. The standard InChI is InChI=1S/C15H16N2O2/c18-13-8-19-12-7-3-6-11-14(12)15(17-13)9-4-1-2-5-10(9)16-11/h1-6,11-12,14-16H,7-8H2,(H,17,18). The molecule has 1 aliphatic carbocycles. The van der Waals surface area contributed by atoms with Crippen LogP contribution >= 0.6 is 0 Å². The molecule has 3 aliphatic rings. The van der Waals surface area contributed by atoms with E-state index < -0.39 is 0 Å². The number of rotatable bonds is 0. The van der Waals surface area contributed by atoms with E-state index in [0.29, 0.717) is 0 Å². The Bertz CT molecular complexity index is 555. The summed E-state index contributed by atoms with van der Waals surface area (Å²) in [5.74, 6) is 0.251. The summed E-state index contributed by atoms with van der Waals surface area (Å²) >= 11 is 0. The Kier molecular flexibility index (Phi) is 2.38. The molecule has 1 aromatic rings. The van der Waals surface area contributed by atoms with Gasteiger partial charge in [-0.25, -0.2) is 0 Å². The first-order valence-corrected chi connectivity index (χ1v) is 6.76. The summed E-state index contributed by atoms with van der Waals surface area (Å²) < 4.78 is 5.77. The van der Waals surface area contributed by atoms with E-state index >= 15 is 0 Å². The van der Waals surface area contributed by atoms with Crippen molar-refractivity contribution in [2.45, 2.75) is 24.6 Å². The third-order valence-electron chi connectivity index (χ3n) is 4.30. The van der Waals surface area contributed by atoms with Crippen LogP contribution in [0, 0.1) is 5.92 Å². The molecule has 0 spiro atoms. The van der Waals surface area contributed by atoms with Crippen LogP contribution < -0.4 is 10.6 Å². The average molecular weight is 256 g/mol. The van der Waals surface area contributed by atoms with Crippen LogP contribution in [0.3, 0.4) is 0 Å². The van der Waals surface area contributed by atoms with Gasteiger partial charge in [-0.05, 0) is 18.1 Å². The molecule has 0 saturated carbocycles. The lowest BCUT2D eigenvalue weighted by molar-refractivity contribution is -0.126. The number of benzene rings is 1. The first-order valence-electron chi connectivity index (χ1n) is 6.76. The van der Waals surface area contributed by atoms with Crippen molar-refractivity contribution in [1.29, 1.82) is 0 Å². The number of anilines is 1. The summed E-state index contributed by atoms with van der Waals surface area (Å²) in [6.07, 6.45) is 5.35. The summed E-state index contributed by atoms with van der Waals surface area (Å²) in [4.78, 5) is 11.9. The summed E-state index contributed by atoms with van der Waals surface area (Å²) in [5.41, 5.74) is 2.28. The van der Waals surface area contributed by atoms with Crippen LogP contribution in [0.1, 0.15) is 18.0 Å². The van der Waals surface area contributed by atoms with E-state index in [1.54, 1.807) is 0 Å². The van der Waals surface area contributed by atoms with Crippen molar-refractivity contribution in [3.05, 3.63) is 42.0 Å². The molecule has 4 atom stereocenters. The highest BCUT2D eigenvalue weighted by atomic mass is 16.5. The third kappa shape index (κ3) is 1.67. The monoisotopic (exact) mass is 256 g/mol. The summed E-state index contributed by atoms with van der Waals surface area (Å²) in [6, 6.07) is 8.48. The number of para-hydroxylation sites is 1. The predicted octanol–water partition coefficient (Wildman–Crippen LogP) is 1.61. The van der Waals surface area contributed by atoms with Gasteiger partial charge in [-0.3, -0.25) is 4.79 Å².